The SMILES string of the molecule is NS(=O)(=O)CCNc1nc(Cl)cs1. The molecule has 0 aliphatic rings. The highest BCUT2D eigenvalue weighted by molar-refractivity contribution is 7.89. The minimum atomic E-state index is -3.41. The molecule has 0 radical (unpaired) electrons. The Morgan fingerprint density at radius 3 is 2.85 bits per heavy atom. The van der Waals surface area contributed by atoms with E-state index in [1.54, 1.807) is 5.38 Å². The molecule has 0 atom stereocenters. The summed E-state index contributed by atoms with van der Waals surface area (Å²) in [7, 11) is -3.41. The number of nitrogens with one attached hydrogen (secondary N) is 1. The number of nitrogens with zero attached hydrogens (tertiary/aromatic N) is 1. The second-order valence-corrected chi connectivity index (χ2v) is 5.25. The topological polar surface area (TPSA) is 85.1 Å². The highest BCUT2D eigenvalue weighted by atomic mass is 35.5. The van der Waals surface area contributed by atoms with Crippen LogP contribution in [0.15, 0.2) is 5.38 Å². The van der Waals surface area contributed by atoms with Crippen LogP contribution >= 0.6 is 22.9 Å². The Labute approximate surface area is 85.0 Å². The zero-order valence-corrected chi connectivity index (χ0v) is 8.92. The first-order valence-electron chi connectivity index (χ1n) is 3.33. The average molecular weight is 242 g/mol. The van der Waals surface area contributed by atoms with Crippen molar-refractivity contribution in [3.05, 3.63) is 10.5 Å². The van der Waals surface area contributed by atoms with E-state index in [0.29, 0.717) is 10.3 Å². The molecular formula is C5H8ClN3O2S2. The van der Waals surface area contributed by atoms with Gasteiger partial charge in [-0.05, 0) is 0 Å². The number of rotatable bonds is 4. The van der Waals surface area contributed by atoms with Gasteiger partial charge in [-0.2, -0.15) is 0 Å². The van der Waals surface area contributed by atoms with Crippen molar-refractivity contribution in [1.82, 2.24) is 4.98 Å². The van der Waals surface area contributed by atoms with Crippen molar-refractivity contribution in [1.29, 1.82) is 0 Å². The van der Waals surface area contributed by atoms with Gasteiger partial charge >= 0.3 is 0 Å². The predicted octanol–water partition coefficient (Wildman–Crippen LogP) is 0.497. The zero-order valence-electron chi connectivity index (χ0n) is 6.53. The van der Waals surface area contributed by atoms with Crippen LogP contribution in [0.3, 0.4) is 0 Å². The van der Waals surface area contributed by atoms with Crippen molar-refractivity contribution in [3.8, 4) is 0 Å². The van der Waals surface area contributed by atoms with Crippen LogP contribution in [0, 0.1) is 0 Å². The maximum absolute atomic E-state index is 10.5. The predicted molar refractivity (Wildman–Crippen MR) is 53.6 cm³/mol. The Balaban J connectivity index is 2.36. The summed E-state index contributed by atoms with van der Waals surface area (Å²) >= 11 is 6.86. The molecule has 3 N–H and O–H groups in total. The van der Waals surface area contributed by atoms with Crippen LogP contribution in [0.25, 0.3) is 0 Å². The third-order valence-electron chi connectivity index (χ3n) is 1.14. The van der Waals surface area contributed by atoms with Gasteiger partial charge in [0.05, 0.1) is 5.75 Å². The molecule has 0 fully saturated rings. The van der Waals surface area contributed by atoms with E-state index in [2.05, 4.69) is 10.3 Å². The number of sulfonamides is 1. The monoisotopic (exact) mass is 241 g/mol. The van der Waals surface area contributed by atoms with Crippen LogP contribution in [0.1, 0.15) is 0 Å². The summed E-state index contributed by atoms with van der Waals surface area (Å²) in [5.74, 6) is -0.121. The van der Waals surface area contributed by atoms with Gasteiger partial charge in [-0.15, -0.1) is 11.3 Å². The number of nitrogens with two attached hydrogens (primary N) is 1. The van der Waals surface area contributed by atoms with E-state index in [1.807, 2.05) is 0 Å². The molecule has 0 aliphatic carbocycles. The van der Waals surface area contributed by atoms with Crippen LogP contribution < -0.4 is 10.5 Å². The van der Waals surface area contributed by atoms with Crippen molar-refractivity contribution in [3.63, 3.8) is 0 Å². The highest BCUT2D eigenvalue weighted by Gasteiger charge is 2.03. The third-order valence-corrected chi connectivity index (χ3v) is 3.04. The van der Waals surface area contributed by atoms with Crippen molar-refractivity contribution >= 4 is 38.1 Å². The Bertz CT molecular complexity index is 375. The second-order valence-electron chi connectivity index (χ2n) is 2.27. The lowest BCUT2D eigenvalue weighted by atomic mass is 10.7. The molecule has 0 saturated carbocycles. The van der Waals surface area contributed by atoms with Gasteiger partial charge in [-0.3, -0.25) is 0 Å². The second kappa shape index (κ2) is 4.23. The van der Waals surface area contributed by atoms with E-state index >= 15 is 0 Å². The molecule has 74 valence electrons. The van der Waals surface area contributed by atoms with Gasteiger partial charge in [0.25, 0.3) is 0 Å². The number of thiazole rings is 1. The van der Waals surface area contributed by atoms with E-state index in [-0.39, 0.29) is 12.3 Å². The maximum atomic E-state index is 10.5. The van der Waals surface area contributed by atoms with Crippen LogP contribution in [0.5, 0.6) is 0 Å². The Hall–Kier alpha value is -0.370. The number of primary sulfonamides is 1. The van der Waals surface area contributed by atoms with E-state index in [1.165, 1.54) is 11.3 Å². The van der Waals surface area contributed by atoms with Gasteiger partial charge in [-0.1, -0.05) is 11.6 Å². The molecule has 0 saturated heterocycles. The Morgan fingerprint density at radius 1 is 1.69 bits per heavy atom. The molecule has 0 aromatic carbocycles. The van der Waals surface area contributed by atoms with Crippen LogP contribution in [0.2, 0.25) is 5.15 Å². The standard InChI is InChI=1S/C5H8ClN3O2S2/c6-4-3-12-5(9-4)8-1-2-13(7,10)11/h3H,1-2H2,(H,8,9)(H2,7,10,11). The summed E-state index contributed by atoms with van der Waals surface area (Å²) in [6.45, 7) is 0.239. The lowest BCUT2D eigenvalue weighted by Gasteiger charge is -1.99. The Kier molecular flexibility index (Phi) is 3.48. The largest absolute Gasteiger partial charge is 0.360 e. The molecule has 0 amide bonds. The summed E-state index contributed by atoms with van der Waals surface area (Å²) in [5.41, 5.74) is 0. The lowest BCUT2D eigenvalue weighted by Crippen LogP contribution is -2.22. The summed E-state index contributed by atoms with van der Waals surface area (Å²) in [4.78, 5) is 3.87. The zero-order chi connectivity index (χ0) is 9.90. The minimum Gasteiger partial charge on any atom is -0.360 e. The van der Waals surface area contributed by atoms with E-state index in [9.17, 15) is 8.42 Å². The van der Waals surface area contributed by atoms with Gasteiger partial charge < -0.3 is 5.32 Å². The number of aromatic nitrogens is 1. The lowest BCUT2D eigenvalue weighted by molar-refractivity contribution is 0.598. The van der Waals surface area contributed by atoms with Crippen molar-refractivity contribution in [2.45, 2.75) is 0 Å². The molecule has 0 unspecified atom stereocenters. The first-order chi connectivity index (χ1) is 5.97. The first-order valence-corrected chi connectivity index (χ1v) is 6.30. The first kappa shape index (κ1) is 10.7. The fourth-order valence-corrected chi connectivity index (χ4v) is 1.89. The third kappa shape index (κ3) is 4.41. The van der Waals surface area contributed by atoms with E-state index in [0.717, 1.165) is 0 Å². The molecule has 0 bridgehead atoms. The molecule has 8 heteroatoms. The smallest absolute Gasteiger partial charge is 0.210 e. The van der Waals surface area contributed by atoms with Crippen molar-refractivity contribution in [2.24, 2.45) is 5.14 Å². The number of hydrogen-bond acceptors (Lipinski definition) is 5. The molecule has 0 aliphatic heterocycles. The quantitative estimate of drug-likeness (QED) is 0.804. The molecule has 5 nitrogen and oxygen atoms in total. The molecular weight excluding hydrogens is 234 g/mol. The number of hydrogen-bond donors (Lipinski definition) is 2. The summed E-state index contributed by atoms with van der Waals surface area (Å²) in [6.07, 6.45) is 0. The van der Waals surface area contributed by atoms with Crippen molar-refractivity contribution < 1.29 is 8.42 Å². The summed E-state index contributed by atoms with van der Waals surface area (Å²) in [5, 5.41) is 10.2. The number of anilines is 1. The fraction of sp³-hybridized carbons (Fsp3) is 0.400. The van der Waals surface area contributed by atoms with Crippen LogP contribution in [-0.2, 0) is 10.0 Å². The average Bonchev–Trinajstić information content (AvgIpc) is 2.33. The van der Waals surface area contributed by atoms with Gasteiger partial charge in [0, 0.05) is 11.9 Å². The molecule has 13 heavy (non-hydrogen) atoms. The molecule has 0 spiro atoms. The van der Waals surface area contributed by atoms with E-state index in [4.69, 9.17) is 16.7 Å². The van der Waals surface area contributed by atoms with Gasteiger partial charge in [0.15, 0.2) is 5.13 Å². The minimum absolute atomic E-state index is 0.121. The highest BCUT2D eigenvalue weighted by Crippen LogP contribution is 2.18. The Morgan fingerprint density at radius 2 is 2.38 bits per heavy atom. The van der Waals surface area contributed by atoms with Crippen LogP contribution in [0.4, 0.5) is 5.13 Å². The maximum Gasteiger partial charge on any atom is 0.210 e. The van der Waals surface area contributed by atoms with Crippen molar-refractivity contribution in [2.75, 3.05) is 17.6 Å². The molecule has 1 rings (SSSR count). The molecule has 1 aromatic heterocycles. The normalized spacial score (nSPS) is 11.5. The van der Waals surface area contributed by atoms with E-state index < -0.39 is 10.0 Å². The van der Waals surface area contributed by atoms with Gasteiger partial charge in [0.2, 0.25) is 10.0 Å². The van der Waals surface area contributed by atoms with Gasteiger partial charge in [-0.25, -0.2) is 18.5 Å². The van der Waals surface area contributed by atoms with Crippen LogP contribution in [-0.4, -0.2) is 25.7 Å². The molecule has 1 aromatic rings. The van der Waals surface area contributed by atoms with Gasteiger partial charge in [0.1, 0.15) is 5.15 Å². The summed E-state index contributed by atoms with van der Waals surface area (Å²) in [6, 6.07) is 0. The summed E-state index contributed by atoms with van der Waals surface area (Å²) < 4.78 is 21.0. The fourth-order valence-electron chi connectivity index (χ4n) is 0.636. The molecule has 1 heterocycles. The number of halogens is 1.